The van der Waals surface area contributed by atoms with Gasteiger partial charge in [0, 0.05) is 68.2 Å². The molecule has 0 fully saturated rings. The van der Waals surface area contributed by atoms with Crippen molar-refractivity contribution in [1.29, 1.82) is 0 Å². The molecule has 0 aliphatic rings. The minimum atomic E-state index is -0.588. The van der Waals surface area contributed by atoms with Gasteiger partial charge < -0.3 is 48.1 Å². The summed E-state index contributed by atoms with van der Waals surface area (Å²) in [5.74, 6) is 3.85. The third-order valence-electron chi connectivity index (χ3n) is 10.5. The molecule has 4 aromatic carbocycles. The zero-order valence-corrected chi connectivity index (χ0v) is 37.8. The van der Waals surface area contributed by atoms with Crippen LogP contribution in [0.4, 0.5) is 10.6 Å². The van der Waals surface area contributed by atoms with E-state index in [0.29, 0.717) is 79.1 Å². The normalized spacial score (nSPS) is 11.9. The zero-order chi connectivity index (χ0) is 45.1. The number of imidazole rings is 1. The van der Waals surface area contributed by atoms with Crippen molar-refractivity contribution in [3.05, 3.63) is 101 Å². The van der Waals surface area contributed by atoms with Crippen molar-refractivity contribution in [3.8, 4) is 34.8 Å². The Balaban J connectivity index is 1.42. The molecular formula is C48H60N6O9. The molecule has 2 aromatic heterocycles. The van der Waals surface area contributed by atoms with Gasteiger partial charge >= 0.3 is 12.1 Å². The van der Waals surface area contributed by atoms with Crippen molar-refractivity contribution in [2.75, 3.05) is 60.1 Å². The standard InChI is InChI=1S/C48H60N6O9/c1-10-13-36(22-24-55)62-46-50-45(53(30-33-16-19-37(57-6)27-42(33)59-8)31-34-17-20-38(58-7)28-43(34)60-9)44-49-29-35(54(44)51-46)26-32-18-21-41(40-15-12-11-14-39(32)40)61-25-23-52(5)47(56)63-48(2,3)4/h11-12,14-21,27-29,36,55H,10,13,22-26,30-31H2,1-9H3/t36-/m1/s1. The topological polar surface area (TPSA) is 151 Å². The first-order valence-corrected chi connectivity index (χ1v) is 21.1. The molecule has 336 valence electrons. The highest BCUT2D eigenvalue weighted by Crippen LogP contribution is 2.35. The molecule has 15 nitrogen and oxygen atoms in total. The molecule has 63 heavy (non-hydrogen) atoms. The number of aliphatic hydroxyl groups excluding tert-OH is 1. The summed E-state index contributed by atoms with van der Waals surface area (Å²) >= 11 is 0. The first-order chi connectivity index (χ1) is 30.4. The summed E-state index contributed by atoms with van der Waals surface area (Å²) in [5, 5.41) is 16.8. The van der Waals surface area contributed by atoms with E-state index in [1.165, 1.54) is 4.90 Å². The van der Waals surface area contributed by atoms with Gasteiger partial charge in [0.1, 0.15) is 47.1 Å². The van der Waals surface area contributed by atoms with Crippen LogP contribution in [0.3, 0.4) is 0 Å². The smallest absolute Gasteiger partial charge is 0.410 e. The first-order valence-electron chi connectivity index (χ1n) is 21.1. The van der Waals surface area contributed by atoms with Crippen molar-refractivity contribution in [2.45, 2.75) is 78.2 Å². The molecule has 0 aliphatic carbocycles. The van der Waals surface area contributed by atoms with Crippen LogP contribution < -0.4 is 33.3 Å². The predicted molar refractivity (Wildman–Crippen MR) is 242 cm³/mol. The number of rotatable bonds is 21. The second kappa shape index (κ2) is 21.1. The van der Waals surface area contributed by atoms with Gasteiger partial charge in [-0.3, -0.25) is 0 Å². The van der Waals surface area contributed by atoms with Gasteiger partial charge in [-0.2, -0.15) is 4.98 Å². The van der Waals surface area contributed by atoms with E-state index in [1.54, 1.807) is 40.0 Å². The van der Waals surface area contributed by atoms with Crippen LogP contribution in [-0.2, 0) is 24.2 Å². The summed E-state index contributed by atoms with van der Waals surface area (Å²) in [6, 6.07) is 23.7. The highest BCUT2D eigenvalue weighted by atomic mass is 16.6. The maximum atomic E-state index is 12.5. The number of anilines is 1. The number of aliphatic hydroxyl groups is 1. The summed E-state index contributed by atoms with van der Waals surface area (Å²) in [7, 11) is 8.20. The van der Waals surface area contributed by atoms with Crippen LogP contribution in [0.1, 0.15) is 69.3 Å². The van der Waals surface area contributed by atoms with Crippen molar-refractivity contribution in [3.63, 3.8) is 0 Å². The molecule has 0 unspecified atom stereocenters. The highest BCUT2D eigenvalue weighted by molar-refractivity contribution is 5.91. The van der Waals surface area contributed by atoms with Crippen molar-refractivity contribution >= 4 is 28.3 Å². The molecule has 0 aliphatic heterocycles. The number of nitrogens with zero attached hydrogens (tertiary/aromatic N) is 6. The summed E-state index contributed by atoms with van der Waals surface area (Å²) in [6.45, 7) is 8.90. The Morgan fingerprint density at radius 1 is 0.810 bits per heavy atom. The Kier molecular flexibility index (Phi) is 15.4. The molecule has 1 atom stereocenters. The van der Waals surface area contributed by atoms with Gasteiger partial charge in [0.05, 0.1) is 46.9 Å². The minimum absolute atomic E-state index is 0.0377. The Hall–Kier alpha value is -6.48. The van der Waals surface area contributed by atoms with Crippen molar-refractivity contribution in [1.82, 2.24) is 24.5 Å². The fraction of sp³-hybridized carbons (Fsp3) is 0.417. The van der Waals surface area contributed by atoms with Crippen LogP contribution in [0, 0.1) is 0 Å². The van der Waals surface area contributed by atoms with Gasteiger partial charge in [0.25, 0.3) is 0 Å². The third kappa shape index (κ3) is 11.5. The lowest BCUT2D eigenvalue weighted by Gasteiger charge is -2.27. The molecule has 0 bridgehead atoms. The highest BCUT2D eigenvalue weighted by Gasteiger charge is 2.25. The van der Waals surface area contributed by atoms with Crippen molar-refractivity contribution < 1.29 is 43.1 Å². The number of hydrogen-bond acceptors (Lipinski definition) is 13. The number of carbonyl (C=O) groups excluding carboxylic acids is 1. The van der Waals surface area contributed by atoms with E-state index in [2.05, 4.69) is 17.9 Å². The molecular weight excluding hydrogens is 805 g/mol. The summed E-state index contributed by atoms with van der Waals surface area (Å²) in [6.07, 6.45) is 3.56. The maximum absolute atomic E-state index is 12.5. The first kappa shape index (κ1) is 46.0. The minimum Gasteiger partial charge on any atom is -0.497 e. The number of aromatic nitrogens is 4. The number of methoxy groups -OCH3 is 4. The zero-order valence-electron chi connectivity index (χ0n) is 37.8. The average Bonchev–Trinajstić information content (AvgIpc) is 3.68. The van der Waals surface area contributed by atoms with E-state index >= 15 is 0 Å². The third-order valence-corrected chi connectivity index (χ3v) is 10.5. The monoisotopic (exact) mass is 864 g/mol. The Morgan fingerprint density at radius 3 is 2.03 bits per heavy atom. The van der Waals surface area contributed by atoms with Gasteiger partial charge in [-0.15, -0.1) is 5.10 Å². The van der Waals surface area contributed by atoms with E-state index in [-0.39, 0.29) is 25.3 Å². The number of fused-ring (bicyclic) bond motifs is 2. The second-order valence-corrected chi connectivity index (χ2v) is 16.2. The number of amides is 1. The Bertz CT molecular complexity index is 2400. The fourth-order valence-corrected chi connectivity index (χ4v) is 7.27. The van der Waals surface area contributed by atoms with E-state index in [0.717, 1.165) is 39.6 Å². The predicted octanol–water partition coefficient (Wildman–Crippen LogP) is 8.29. The van der Waals surface area contributed by atoms with E-state index in [4.69, 9.17) is 48.2 Å². The second-order valence-electron chi connectivity index (χ2n) is 16.2. The molecule has 2 heterocycles. The maximum Gasteiger partial charge on any atom is 0.410 e. The van der Waals surface area contributed by atoms with Crippen LogP contribution in [0.5, 0.6) is 34.8 Å². The average molecular weight is 865 g/mol. The lowest BCUT2D eigenvalue weighted by Crippen LogP contribution is -2.36. The van der Waals surface area contributed by atoms with Gasteiger partial charge in [-0.25, -0.2) is 14.3 Å². The van der Waals surface area contributed by atoms with Gasteiger partial charge in [-0.05, 0) is 68.5 Å². The van der Waals surface area contributed by atoms with Crippen LogP contribution in [-0.4, -0.2) is 103 Å². The largest absolute Gasteiger partial charge is 0.497 e. The van der Waals surface area contributed by atoms with Crippen molar-refractivity contribution in [2.24, 2.45) is 0 Å². The summed E-state index contributed by atoms with van der Waals surface area (Å²) in [4.78, 5) is 26.2. The van der Waals surface area contributed by atoms with E-state index in [9.17, 15) is 9.90 Å². The molecule has 0 radical (unpaired) electrons. The van der Waals surface area contributed by atoms with Crippen LogP contribution in [0.25, 0.3) is 16.4 Å². The molecule has 0 saturated heterocycles. The number of likely N-dealkylation sites (N-methyl/N-ethyl adjacent to an activating group) is 1. The molecule has 6 rings (SSSR count). The van der Waals surface area contributed by atoms with Gasteiger partial charge in [0.15, 0.2) is 11.5 Å². The van der Waals surface area contributed by atoms with Crippen LogP contribution in [0.15, 0.2) is 79.0 Å². The molecule has 0 saturated carbocycles. The molecule has 1 amide bonds. The Labute approximate surface area is 369 Å². The summed E-state index contributed by atoms with van der Waals surface area (Å²) < 4.78 is 42.8. The van der Waals surface area contributed by atoms with E-state index in [1.807, 2.05) is 93.7 Å². The fourth-order valence-electron chi connectivity index (χ4n) is 7.27. The molecule has 1 N–H and O–H groups in total. The lowest BCUT2D eigenvalue weighted by atomic mass is 10.0. The lowest BCUT2D eigenvalue weighted by molar-refractivity contribution is 0.0278. The summed E-state index contributed by atoms with van der Waals surface area (Å²) in [5.41, 5.74) is 3.52. The molecule has 0 spiro atoms. The number of hydrogen-bond donors (Lipinski definition) is 1. The van der Waals surface area contributed by atoms with Gasteiger partial charge in [0.2, 0.25) is 0 Å². The molecule has 15 heteroatoms. The SMILES string of the molecule is CCC[C@H](CCO)Oc1nc(N(Cc2ccc(OC)cc2OC)Cc2ccc(OC)cc2OC)c2ncc(Cc3ccc(OCCN(C)C(=O)OC(C)(C)C)c4ccccc34)n2n1. The quantitative estimate of drug-likeness (QED) is 0.0740. The number of benzene rings is 4. The van der Waals surface area contributed by atoms with Gasteiger partial charge in [-0.1, -0.05) is 43.7 Å². The number of carbonyl (C=O) groups is 1. The number of ether oxygens (including phenoxy) is 7. The molecule has 6 aromatic rings. The Morgan fingerprint density at radius 2 is 1.44 bits per heavy atom. The van der Waals surface area contributed by atoms with Crippen LogP contribution >= 0.6 is 0 Å². The van der Waals surface area contributed by atoms with E-state index < -0.39 is 11.7 Å². The van der Waals surface area contributed by atoms with Crippen LogP contribution in [0.2, 0.25) is 0 Å².